The number of ether oxygens (including phenoxy) is 1. The molecule has 1 aliphatic carbocycles. The van der Waals surface area contributed by atoms with Crippen molar-refractivity contribution in [1.29, 1.82) is 0 Å². The molecule has 2 heterocycles. The molecule has 1 saturated carbocycles. The lowest BCUT2D eigenvalue weighted by atomic mass is 10.2. The van der Waals surface area contributed by atoms with Crippen LogP contribution >= 0.6 is 38.9 Å². The fourth-order valence-electron chi connectivity index (χ4n) is 2.53. The van der Waals surface area contributed by atoms with Crippen LogP contribution in [0.15, 0.2) is 6.07 Å². The number of alkyl halides is 1. The average Bonchev–Trinajstić information content (AvgIpc) is 2.59. The zero-order valence-electron chi connectivity index (χ0n) is 8.37. The Labute approximate surface area is 107 Å². The third-order valence-electron chi connectivity index (χ3n) is 3.50. The van der Waals surface area contributed by atoms with Crippen LogP contribution in [0.3, 0.4) is 0 Å². The normalized spacial score (nSPS) is 35.3. The highest BCUT2D eigenvalue weighted by Gasteiger charge is 2.57. The summed E-state index contributed by atoms with van der Waals surface area (Å²) in [5.74, 6) is 2.35. The van der Waals surface area contributed by atoms with Crippen LogP contribution in [0, 0.1) is 24.7 Å². The van der Waals surface area contributed by atoms with Crippen molar-refractivity contribution < 1.29 is 4.74 Å². The molecule has 15 heavy (non-hydrogen) atoms. The molecule has 2 aliphatic rings. The van der Waals surface area contributed by atoms with Gasteiger partial charge in [-0.3, -0.25) is 0 Å². The summed E-state index contributed by atoms with van der Waals surface area (Å²) >= 11 is 11.6. The van der Waals surface area contributed by atoms with E-state index in [9.17, 15) is 0 Å². The van der Waals surface area contributed by atoms with E-state index in [1.54, 1.807) is 11.3 Å². The minimum Gasteiger partial charge on any atom is -0.381 e. The Hall–Kier alpha value is 0.430. The predicted molar refractivity (Wildman–Crippen MR) is 67.0 cm³/mol. The van der Waals surface area contributed by atoms with E-state index < -0.39 is 0 Å². The van der Waals surface area contributed by atoms with E-state index in [4.69, 9.17) is 16.3 Å². The lowest BCUT2D eigenvalue weighted by molar-refractivity contribution is 0.151. The first kappa shape index (κ1) is 10.6. The van der Waals surface area contributed by atoms with Gasteiger partial charge in [-0.2, -0.15) is 0 Å². The van der Waals surface area contributed by atoms with Gasteiger partial charge in [-0.15, -0.1) is 11.3 Å². The molecule has 0 bridgehead atoms. The van der Waals surface area contributed by atoms with Crippen molar-refractivity contribution in [1.82, 2.24) is 0 Å². The summed E-state index contributed by atoms with van der Waals surface area (Å²) in [6.45, 7) is 3.98. The van der Waals surface area contributed by atoms with Crippen LogP contribution in [0.4, 0.5) is 0 Å². The van der Waals surface area contributed by atoms with Crippen molar-refractivity contribution in [2.45, 2.75) is 11.8 Å². The Morgan fingerprint density at radius 1 is 1.53 bits per heavy atom. The summed E-state index contributed by atoms with van der Waals surface area (Å²) in [5, 5.41) is 0. The Morgan fingerprint density at radius 2 is 2.20 bits per heavy atom. The quantitative estimate of drug-likeness (QED) is 0.749. The van der Waals surface area contributed by atoms with E-state index in [2.05, 4.69) is 28.9 Å². The van der Waals surface area contributed by atoms with Gasteiger partial charge >= 0.3 is 0 Å². The summed E-state index contributed by atoms with van der Waals surface area (Å²) in [5.41, 5.74) is 1.20. The summed E-state index contributed by atoms with van der Waals surface area (Å²) in [6.07, 6.45) is 0. The SMILES string of the molecule is Cc1cc(C(Br)C2C3COCC32)sc1Cl. The molecular weight excluding hydrogens is 296 g/mol. The maximum Gasteiger partial charge on any atom is 0.0960 e. The number of rotatable bonds is 2. The van der Waals surface area contributed by atoms with Gasteiger partial charge in [-0.05, 0) is 36.3 Å². The first-order valence-corrected chi connectivity index (χ1v) is 7.27. The van der Waals surface area contributed by atoms with Gasteiger partial charge in [0, 0.05) is 4.88 Å². The summed E-state index contributed by atoms with van der Waals surface area (Å²) < 4.78 is 6.34. The van der Waals surface area contributed by atoms with Gasteiger partial charge in [0.05, 0.1) is 22.4 Å². The molecule has 1 aliphatic heterocycles. The fourth-order valence-corrected chi connectivity index (χ4v) is 4.98. The van der Waals surface area contributed by atoms with Crippen LogP contribution in [0.5, 0.6) is 0 Å². The molecule has 0 amide bonds. The number of halogens is 2. The summed E-state index contributed by atoms with van der Waals surface area (Å²) in [6, 6.07) is 2.21. The minimum absolute atomic E-state index is 0.479. The third-order valence-corrected chi connectivity index (χ3v) is 6.55. The van der Waals surface area contributed by atoms with Crippen LogP contribution in [0.2, 0.25) is 4.34 Å². The molecule has 1 nitrogen and oxygen atoms in total. The highest BCUT2D eigenvalue weighted by Crippen LogP contribution is 2.60. The molecule has 82 valence electrons. The van der Waals surface area contributed by atoms with Gasteiger partial charge in [0.1, 0.15) is 0 Å². The molecular formula is C11H12BrClOS. The van der Waals surface area contributed by atoms with Crippen molar-refractivity contribution in [2.24, 2.45) is 17.8 Å². The molecule has 1 aromatic rings. The Bertz CT molecular complexity index is 362. The van der Waals surface area contributed by atoms with Crippen LogP contribution < -0.4 is 0 Å². The monoisotopic (exact) mass is 306 g/mol. The van der Waals surface area contributed by atoms with Gasteiger partial charge in [0.25, 0.3) is 0 Å². The molecule has 4 heteroatoms. The fraction of sp³-hybridized carbons (Fsp3) is 0.636. The number of thiophene rings is 1. The largest absolute Gasteiger partial charge is 0.381 e. The van der Waals surface area contributed by atoms with E-state index >= 15 is 0 Å². The molecule has 2 fully saturated rings. The summed E-state index contributed by atoms with van der Waals surface area (Å²) in [4.78, 5) is 1.85. The number of fused-ring (bicyclic) bond motifs is 1. The molecule has 3 rings (SSSR count). The van der Waals surface area contributed by atoms with E-state index in [1.807, 2.05) is 0 Å². The molecule has 3 unspecified atom stereocenters. The smallest absolute Gasteiger partial charge is 0.0960 e. The first-order valence-electron chi connectivity index (χ1n) is 5.16. The molecule has 1 saturated heterocycles. The number of hydrogen-bond donors (Lipinski definition) is 0. The molecule has 1 aromatic heterocycles. The van der Waals surface area contributed by atoms with E-state index in [1.165, 1.54) is 10.4 Å². The van der Waals surface area contributed by atoms with Crippen molar-refractivity contribution in [2.75, 3.05) is 13.2 Å². The lowest BCUT2D eigenvalue weighted by Crippen LogP contribution is -2.02. The zero-order valence-corrected chi connectivity index (χ0v) is 11.5. The van der Waals surface area contributed by atoms with Crippen molar-refractivity contribution >= 4 is 38.9 Å². The van der Waals surface area contributed by atoms with Gasteiger partial charge in [-0.1, -0.05) is 27.5 Å². The molecule has 0 aromatic carbocycles. The molecule has 0 N–H and O–H groups in total. The Balaban J connectivity index is 1.77. The predicted octanol–water partition coefficient (Wildman–Crippen LogP) is 4.04. The summed E-state index contributed by atoms with van der Waals surface area (Å²) in [7, 11) is 0. The van der Waals surface area contributed by atoms with Crippen LogP contribution in [0.25, 0.3) is 0 Å². The standard InChI is InChI=1S/C11H12BrClOS/c1-5-2-8(15-11(5)13)10(12)9-6-3-14-4-7(6)9/h2,6-7,9-10H,3-4H2,1H3. The topological polar surface area (TPSA) is 9.23 Å². The second kappa shape index (κ2) is 3.73. The highest BCUT2D eigenvalue weighted by atomic mass is 79.9. The van der Waals surface area contributed by atoms with Gasteiger partial charge in [0.2, 0.25) is 0 Å². The highest BCUT2D eigenvalue weighted by molar-refractivity contribution is 9.09. The third kappa shape index (κ3) is 1.68. The maximum atomic E-state index is 6.09. The van der Waals surface area contributed by atoms with Crippen LogP contribution in [-0.4, -0.2) is 13.2 Å². The zero-order chi connectivity index (χ0) is 10.6. The van der Waals surface area contributed by atoms with Crippen LogP contribution in [-0.2, 0) is 4.74 Å². The van der Waals surface area contributed by atoms with Gasteiger partial charge < -0.3 is 4.74 Å². The van der Waals surface area contributed by atoms with Crippen molar-refractivity contribution in [3.8, 4) is 0 Å². The van der Waals surface area contributed by atoms with Crippen molar-refractivity contribution in [3.05, 3.63) is 20.8 Å². The average molecular weight is 308 g/mol. The molecule has 0 spiro atoms. The minimum atomic E-state index is 0.479. The van der Waals surface area contributed by atoms with Gasteiger partial charge in [-0.25, -0.2) is 0 Å². The van der Waals surface area contributed by atoms with Gasteiger partial charge in [0.15, 0.2) is 0 Å². The number of aryl methyl sites for hydroxylation is 1. The molecule has 0 radical (unpaired) electrons. The number of hydrogen-bond acceptors (Lipinski definition) is 2. The lowest BCUT2D eigenvalue weighted by Gasteiger charge is -2.09. The van der Waals surface area contributed by atoms with E-state index in [0.717, 1.165) is 35.3 Å². The maximum absolute atomic E-state index is 6.09. The van der Waals surface area contributed by atoms with E-state index in [0.29, 0.717) is 4.83 Å². The van der Waals surface area contributed by atoms with E-state index in [-0.39, 0.29) is 0 Å². The second-order valence-electron chi connectivity index (χ2n) is 4.45. The molecule has 3 atom stereocenters. The second-order valence-corrected chi connectivity index (χ2v) is 7.12. The van der Waals surface area contributed by atoms with Crippen molar-refractivity contribution in [3.63, 3.8) is 0 Å². The first-order chi connectivity index (χ1) is 7.18. The Kier molecular flexibility index (Phi) is 2.63. The Morgan fingerprint density at radius 3 is 2.73 bits per heavy atom. The van der Waals surface area contributed by atoms with Crippen LogP contribution in [0.1, 0.15) is 15.3 Å².